The van der Waals surface area contributed by atoms with Crippen LogP contribution in [-0.4, -0.2) is 41.2 Å². The lowest BCUT2D eigenvalue weighted by atomic mass is 9.76. The van der Waals surface area contributed by atoms with Crippen molar-refractivity contribution < 1.29 is 37.0 Å². The van der Waals surface area contributed by atoms with E-state index in [0.29, 0.717) is 29.8 Å². The first-order valence-electron chi connectivity index (χ1n) is 14.4. The molecule has 2 atom stereocenters. The fourth-order valence-electron chi connectivity index (χ4n) is 5.81. The number of amides is 2. The average molecular weight is 626 g/mol. The number of ether oxygens (including phenoxy) is 1. The Bertz CT molecular complexity index is 1720. The molecule has 0 saturated heterocycles. The standard InChI is InChI=1S/C32H31F4N5O4/c33-21-8-3-17(4-9-21)26-27-22(30(15-45-27,29(39)43)20-6-7-20)13-25(41-26)31(44,32(34,35)36)14-40-28(42)18-5-10-23(37)19(11-18)12-24(38)16-1-2-16/h3-5,8-13,16,20,44H,1-2,6-7,14-15,37-38H2,(H2,39,43)(H,40,42)/b24-12-/t30-,31+/m1/s1. The number of anilines is 1. The minimum atomic E-state index is -5.34. The summed E-state index contributed by atoms with van der Waals surface area (Å²) in [5.74, 6) is -2.33. The number of fused-ring (bicyclic) bond motifs is 1. The first-order valence-corrected chi connectivity index (χ1v) is 14.4. The third-order valence-corrected chi connectivity index (χ3v) is 8.85. The van der Waals surface area contributed by atoms with Crippen molar-refractivity contribution in [1.82, 2.24) is 10.3 Å². The highest BCUT2D eigenvalue weighted by molar-refractivity contribution is 5.95. The van der Waals surface area contributed by atoms with E-state index in [9.17, 15) is 32.3 Å². The van der Waals surface area contributed by atoms with E-state index in [-0.39, 0.29) is 46.6 Å². The molecule has 2 fully saturated rings. The van der Waals surface area contributed by atoms with Gasteiger partial charge in [-0.25, -0.2) is 9.37 Å². The van der Waals surface area contributed by atoms with E-state index in [0.717, 1.165) is 31.0 Å². The van der Waals surface area contributed by atoms with E-state index in [4.69, 9.17) is 21.9 Å². The molecule has 2 aromatic carbocycles. The molecular formula is C32H31F4N5O4. The predicted molar refractivity (Wildman–Crippen MR) is 157 cm³/mol. The van der Waals surface area contributed by atoms with Gasteiger partial charge < -0.3 is 32.4 Å². The van der Waals surface area contributed by atoms with Crippen molar-refractivity contribution in [2.45, 2.75) is 42.9 Å². The number of carbonyl (C=O) groups excluding carboxylic acids is 2. The molecular weight excluding hydrogens is 594 g/mol. The van der Waals surface area contributed by atoms with Gasteiger partial charge in [0, 0.05) is 28.1 Å². The molecule has 9 nitrogen and oxygen atoms in total. The quantitative estimate of drug-likeness (QED) is 0.178. The molecule has 2 amide bonds. The fourth-order valence-corrected chi connectivity index (χ4v) is 5.81. The maximum Gasteiger partial charge on any atom is 0.424 e. The number of hydrogen-bond donors (Lipinski definition) is 5. The van der Waals surface area contributed by atoms with Gasteiger partial charge in [-0.1, -0.05) is 0 Å². The van der Waals surface area contributed by atoms with Crippen molar-refractivity contribution in [3.05, 3.63) is 82.4 Å². The van der Waals surface area contributed by atoms with Gasteiger partial charge in [0.05, 0.1) is 12.2 Å². The van der Waals surface area contributed by atoms with Crippen molar-refractivity contribution >= 4 is 23.6 Å². The molecule has 0 spiro atoms. The molecule has 6 rings (SSSR count). The van der Waals surface area contributed by atoms with Gasteiger partial charge in [0.2, 0.25) is 11.5 Å². The smallest absolute Gasteiger partial charge is 0.424 e. The summed E-state index contributed by atoms with van der Waals surface area (Å²) in [6, 6.07) is 9.95. The zero-order chi connectivity index (χ0) is 32.3. The Morgan fingerprint density at radius 2 is 1.76 bits per heavy atom. The Balaban J connectivity index is 1.40. The fraction of sp³-hybridized carbons (Fsp3) is 0.344. The molecule has 3 aromatic rings. The second-order valence-electron chi connectivity index (χ2n) is 11.9. The van der Waals surface area contributed by atoms with E-state index in [2.05, 4.69) is 10.3 Å². The highest BCUT2D eigenvalue weighted by Gasteiger charge is 2.60. The Labute approximate surface area is 255 Å². The van der Waals surface area contributed by atoms with Crippen molar-refractivity contribution in [3.63, 3.8) is 0 Å². The van der Waals surface area contributed by atoms with Crippen molar-refractivity contribution in [2.24, 2.45) is 23.3 Å². The van der Waals surface area contributed by atoms with Crippen LogP contribution in [0.4, 0.5) is 23.2 Å². The number of aliphatic hydroxyl groups is 1. The Kier molecular flexibility index (Phi) is 7.26. The molecule has 0 unspecified atom stereocenters. The Morgan fingerprint density at radius 3 is 2.36 bits per heavy atom. The molecule has 0 radical (unpaired) electrons. The van der Waals surface area contributed by atoms with Crippen LogP contribution in [0.3, 0.4) is 0 Å². The maximum atomic E-state index is 14.8. The number of benzene rings is 2. The zero-order valence-corrected chi connectivity index (χ0v) is 24.0. The monoisotopic (exact) mass is 625 g/mol. The van der Waals surface area contributed by atoms with Gasteiger partial charge in [-0.15, -0.1) is 0 Å². The SMILES string of the molecule is NC(=O)[C@@]1(C2CC2)COc2c1cc([C@@](O)(CNC(=O)c1ccc(N)c(/C=C(\N)C3CC3)c1)C(F)(F)F)nc2-c1ccc(F)cc1. The van der Waals surface area contributed by atoms with Crippen molar-refractivity contribution in [3.8, 4) is 17.0 Å². The van der Waals surface area contributed by atoms with Gasteiger partial charge in [0.1, 0.15) is 29.3 Å². The molecule has 2 aliphatic carbocycles. The van der Waals surface area contributed by atoms with Crippen LogP contribution in [0, 0.1) is 17.7 Å². The van der Waals surface area contributed by atoms with Gasteiger partial charge in [0.15, 0.2) is 0 Å². The molecule has 2 saturated carbocycles. The third-order valence-electron chi connectivity index (χ3n) is 8.85. The van der Waals surface area contributed by atoms with E-state index in [1.165, 1.54) is 30.3 Å². The molecule has 1 aromatic heterocycles. The minimum Gasteiger partial charge on any atom is -0.489 e. The minimum absolute atomic E-state index is 0.00707. The molecule has 1 aliphatic heterocycles. The highest BCUT2D eigenvalue weighted by Crippen LogP contribution is 2.56. The van der Waals surface area contributed by atoms with Crippen LogP contribution in [0.5, 0.6) is 5.75 Å². The van der Waals surface area contributed by atoms with Crippen LogP contribution in [0.1, 0.15) is 52.9 Å². The summed E-state index contributed by atoms with van der Waals surface area (Å²) in [7, 11) is 0. The molecule has 2 heterocycles. The molecule has 45 heavy (non-hydrogen) atoms. The van der Waals surface area contributed by atoms with Crippen LogP contribution in [-0.2, 0) is 15.8 Å². The van der Waals surface area contributed by atoms with Crippen LogP contribution in [0.15, 0.2) is 54.2 Å². The highest BCUT2D eigenvalue weighted by atomic mass is 19.4. The van der Waals surface area contributed by atoms with E-state index in [1.54, 1.807) is 6.08 Å². The van der Waals surface area contributed by atoms with Gasteiger partial charge in [-0.2, -0.15) is 13.2 Å². The number of pyridine rings is 1. The number of nitrogens with two attached hydrogens (primary N) is 3. The number of halogens is 4. The van der Waals surface area contributed by atoms with Crippen molar-refractivity contribution in [1.29, 1.82) is 0 Å². The Morgan fingerprint density at radius 1 is 1.07 bits per heavy atom. The van der Waals surface area contributed by atoms with Gasteiger partial charge in [-0.05, 0) is 97.7 Å². The number of nitrogens with zero attached hydrogens (tertiary/aromatic N) is 1. The number of rotatable bonds is 9. The number of aromatic nitrogens is 1. The third kappa shape index (κ3) is 5.34. The van der Waals surface area contributed by atoms with Crippen molar-refractivity contribution in [2.75, 3.05) is 18.9 Å². The number of alkyl halides is 3. The lowest BCUT2D eigenvalue weighted by molar-refractivity contribution is -0.265. The lowest BCUT2D eigenvalue weighted by Gasteiger charge is -2.32. The number of nitrogen functional groups attached to an aromatic ring is 1. The number of hydrogen-bond acceptors (Lipinski definition) is 7. The maximum absolute atomic E-state index is 14.8. The predicted octanol–water partition coefficient (Wildman–Crippen LogP) is 3.88. The summed E-state index contributed by atoms with van der Waals surface area (Å²) in [5.41, 5.74) is 13.3. The molecule has 236 valence electrons. The summed E-state index contributed by atoms with van der Waals surface area (Å²) < 4.78 is 64.0. The summed E-state index contributed by atoms with van der Waals surface area (Å²) >= 11 is 0. The summed E-state index contributed by atoms with van der Waals surface area (Å²) in [4.78, 5) is 30.1. The molecule has 3 aliphatic rings. The second kappa shape index (κ2) is 10.8. The second-order valence-corrected chi connectivity index (χ2v) is 11.9. The normalized spacial score (nSPS) is 21.0. The topological polar surface area (TPSA) is 167 Å². The summed E-state index contributed by atoms with van der Waals surface area (Å²) in [6.45, 7) is -1.54. The number of nitrogens with one attached hydrogen (secondary N) is 1. The average Bonchev–Trinajstić information content (AvgIpc) is 3.93. The summed E-state index contributed by atoms with van der Waals surface area (Å²) in [6.07, 6.45) is -0.644. The number of allylic oxidation sites excluding steroid dienone is 1. The molecule has 0 bridgehead atoms. The zero-order valence-electron chi connectivity index (χ0n) is 24.0. The molecule has 13 heteroatoms. The van der Waals surface area contributed by atoms with Gasteiger partial charge in [0.25, 0.3) is 5.91 Å². The van der Waals surface area contributed by atoms with Crippen LogP contribution < -0.4 is 27.3 Å². The van der Waals surface area contributed by atoms with E-state index >= 15 is 0 Å². The first-order chi connectivity index (χ1) is 21.2. The summed E-state index contributed by atoms with van der Waals surface area (Å²) in [5, 5.41) is 13.5. The first kappa shape index (κ1) is 30.4. The van der Waals surface area contributed by atoms with Crippen LogP contribution >= 0.6 is 0 Å². The lowest BCUT2D eigenvalue weighted by Crippen LogP contribution is -2.52. The van der Waals surface area contributed by atoms with Crippen LogP contribution in [0.2, 0.25) is 0 Å². The van der Waals surface area contributed by atoms with E-state index < -0.39 is 47.1 Å². The van der Waals surface area contributed by atoms with E-state index in [1.807, 2.05) is 0 Å². The van der Waals surface area contributed by atoms with Gasteiger partial charge in [-0.3, -0.25) is 9.59 Å². The largest absolute Gasteiger partial charge is 0.489 e. The molecule has 8 N–H and O–H groups in total. The Hall–Kier alpha value is -4.65. The number of carbonyl (C=O) groups is 2. The van der Waals surface area contributed by atoms with Gasteiger partial charge >= 0.3 is 6.18 Å². The van der Waals surface area contributed by atoms with Crippen LogP contribution in [0.25, 0.3) is 17.3 Å². The number of primary amides is 1.